The van der Waals surface area contributed by atoms with E-state index in [0.29, 0.717) is 5.82 Å². The monoisotopic (exact) mass is 383 g/mol. The molecular formula is C20H25N5OS. The van der Waals surface area contributed by atoms with Gasteiger partial charge in [0, 0.05) is 24.1 Å². The predicted octanol–water partition coefficient (Wildman–Crippen LogP) is 4.43. The summed E-state index contributed by atoms with van der Waals surface area (Å²) < 4.78 is 1.79. The minimum Gasteiger partial charge on any atom is -0.347 e. The molecule has 0 unspecified atom stereocenters. The zero-order valence-corrected chi connectivity index (χ0v) is 16.8. The number of benzene rings is 1. The van der Waals surface area contributed by atoms with Crippen molar-refractivity contribution in [2.75, 3.05) is 23.3 Å². The van der Waals surface area contributed by atoms with Crippen LogP contribution in [-0.4, -0.2) is 33.6 Å². The topological polar surface area (TPSA) is 62.5 Å². The molecule has 3 heterocycles. The molecule has 3 aromatic rings. The number of hydrogen-bond acceptors (Lipinski definition) is 5. The number of carbonyl (C=O) groups is 1. The standard InChI is InChI=1S/C20H25N5OS/c1-20(2,3)17(26)22-16-15(14-10-6-4-7-11-14)21-18-25(16)23-19(27-18)24-12-8-5-9-13-24/h4,6-7,10-11H,5,8-9,12-13H2,1-3H3,(H,22,26). The quantitative estimate of drug-likeness (QED) is 0.727. The van der Waals surface area contributed by atoms with Gasteiger partial charge in [-0.25, -0.2) is 4.98 Å². The number of carbonyl (C=O) groups excluding carboxylic acids is 1. The lowest BCUT2D eigenvalue weighted by atomic mass is 9.95. The number of piperidine rings is 1. The Balaban J connectivity index is 1.78. The average Bonchev–Trinajstić information content (AvgIpc) is 3.22. The number of fused-ring (bicyclic) bond motifs is 1. The summed E-state index contributed by atoms with van der Waals surface area (Å²) >= 11 is 1.58. The smallest absolute Gasteiger partial charge is 0.230 e. The second-order valence-electron chi connectivity index (χ2n) is 8.01. The Kier molecular flexibility index (Phi) is 4.63. The maximum Gasteiger partial charge on any atom is 0.230 e. The number of imidazole rings is 1. The van der Waals surface area contributed by atoms with Crippen molar-refractivity contribution in [3.8, 4) is 11.3 Å². The van der Waals surface area contributed by atoms with Gasteiger partial charge < -0.3 is 10.2 Å². The van der Waals surface area contributed by atoms with E-state index in [0.717, 1.165) is 34.4 Å². The van der Waals surface area contributed by atoms with E-state index in [4.69, 9.17) is 10.1 Å². The van der Waals surface area contributed by atoms with Crippen molar-refractivity contribution in [3.63, 3.8) is 0 Å². The van der Waals surface area contributed by atoms with Crippen LogP contribution in [0.1, 0.15) is 40.0 Å². The van der Waals surface area contributed by atoms with Gasteiger partial charge in [-0.1, -0.05) is 62.4 Å². The van der Waals surface area contributed by atoms with Crippen molar-refractivity contribution < 1.29 is 4.79 Å². The molecule has 1 aromatic carbocycles. The molecule has 4 rings (SSSR count). The Morgan fingerprint density at radius 3 is 2.48 bits per heavy atom. The zero-order valence-electron chi connectivity index (χ0n) is 16.0. The molecule has 7 heteroatoms. The minimum absolute atomic E-state index is 0.0472. The fraction of sp³-hybridized carbons (Fsp3) is 0.450. The van der Waals surface area contributed by atoms with Gasteiger partial charge in [0.05, 0.1) is 0 Å². The van der Waals surface area contributed by atoms with Crippen LogP contribution >= 0.6 is 11.3 Å². The lowest BCUT2D eigenvalue weighted by molar-refractivity contribution is -0.123. The lowest BCUT2D eigenvalue weighted by Gasteiger charge is -2.25. The van der Waals surface area contributed by atoms with Crippen molar-refractivity contribution in [1.29, 1.82) is 0 Å². The zero-order chi connectivity index (χ0) is 19.0. The van der Waals surface area contributed by atoms with Crippen LogP contribution in [0.4, 0.5) is 10.9 Å². The van der Waals surface area contributed by atoms with Crippen LogP contribution < -0.4 is 10.2 Å². The van der Waals surface area contributed by atoms with Gasteiger partial charge in [0.25, 0.3) is 0 Å². The molecule has 0 saturated carbocycles. The van der Waals surface area contributed by atoms with Crippen molar-refractivity contribution in [2.24, 2.45) is 5.41 Å². The predicted molar refractivity (Wildman–Crippen MR) is 110 cm³/mol. The molecule has 0 atom stereocenters. The van der Waals surface area contributed by atoms with Gasteiger partial charge >= 0.3 is 0 Å². The molecule has 1 aliphatic rings. The molecule has 6 nitrogen and oxygen atoms in total. The maximum atomic E-state index is 12.7. The third-order valence-electron chi connectivity index (χ3n) is 4.78. The first-order valence-electron chi connectivity index (χ1n) is 9.45. The molecule has 1 saturated heterocycles. The van der Waals surface area contributed by atoms with E-state index in [1.165, 1.54) is 19.3 Å². The van der Waals surface area contributed by atoms with Crippen molar-refractivity contribution in [2.45, 2.75) is 40.0 Å². The van der Waals surface area contributed by atoms with Gasteiger partial charge in [-0.3, -0.25) is 4.79 Å². The number of nitrogens with one attached hydrogen (secondary N) is 1. The number of rotatable bonds is 3. The Hall–Kier alpha value is -2.41. The van der Waals surface area contributed by atoms with E-state index in [-0.39, 0.29) is 5.91 Å². The van der Waals surface area contributed by atoms with E-state index in [2.05, 4.69) is 10.2 Å². The number of aromatic nitrogens is 3. The summed E-state index contributed by atoms with van der Waals surface area (Å²) in [5.74, 6) is 0.602. The second-order valence-corrected chi connectivity index (χ2v) is 8.94. The van der Waals surface area contributed by atoms with E-state index in [1.54, 1.807) is 15.9 Å². The number of nitrogens with zero attached hydrogens (tertiary/aromatic N) is 4. The third-order valence-corrected chi connectivity index (χ3v) is 5.75. The number of anilines is 2. The summed E-state index contributed by atoms with van der Waals surface area (Å²) in [7, 11) is 0. The molecular weight excluding hydrogens is 358 g/mol. The second kappa shape index (κ2) is 6.96. The van der Waals surface area contributed by atoms with Crippen LogP contribution in [0.2, 0.25) is 0 Å². The first-order chi connectivity index (χ1) is 12.9. The highest BCUT2D eigenvalue weighted by atomic mass is 32.1. The highest BCUT2D eigenvalue weighted by Gasteiger charge is 2.27. The van der Waals surface area contributed by atoms with Gasteiger partial charge in [0.15, 0.2) is 5.82 Å². The molecule has 27 heavy (non-hydrogen) atoms. The average molecular weight is 384 g/mol. The van der Waals surface area contributed by atoms with Crippen molar-refractivity contribution in [3.05, 3.63) is 30.3 Å². The van der Waals surface area contributed by atoms with Gasteiger partial charge in [0.1, 0.15) is 5.69 Å². The largest absolute Gasteiger partial charge is 0.347 e. The number of amides is 1. The SMILES string of the molecule is CC(C)(C)C(=O)Nc1c(-c2ccccc2)nc2sc(N3CCCCC3)nn12. The Morgan fingerprint density at radius 2 is 1.81 bits per heavy atom. The summed E-state index contributed by atoms with van der Waals surface area (Å²) in [4.78, 5) is 20.6. The summed E-state index contributed by atoms with van der Waals surface area (Å²) in [5.41, 5.74) is 1.24. The molecule has 0 spiro atoms. The normalized spacial score (nSPS) is 15.3. The third kappa shape index (κ3) is 3.56. The van der Waals surface area contributed by atoms with Crippen LogP contribution in [0.15, 0.2) is 30.3 Å². The highest BCUT2D eigenvalue weighted by Crippen LogP contribution is 2.34. The van der Waals surface area contributed by atoms with Crippen LogP contribution in [-0.2, 0) is 4.79 Å². The van der Waals surface area contributed by atoms with Gasteiger partial charge in [-0.05, 0) is 19.3 Å². The Labute approximate surface area is 163 Å². The summed E-state index contributed by atoms with van der Waals surface area (Å²) in [5, 5.41) is 8.85. The van der Waals surface area contributed by atoms with Gasteiger partial charge in [0.2, 0.25) is 16.0 Å². The van der Waals surface area contributed by atoms with Gasteiger partial charge in [-0.2, -0.15) is 4.52 Å². The molecule has 1 aliphatic heterocycles. The molecule has 1 N–H and O–H groups in total. The fourth-order valence-electron chi connectivity index (χ4n) is 3.16. The Bertz CT molecular complexity index is 948. The molecule has 142 valence electrons. The van der Waals surface area contributed by atoms with E-state index < -0.39 is 5.41 Å². The minimum atomic E-state index is -0.496. The first-order valence-corrected chi connectivity index (χ1v) is 10.3. The molecule has 0 radical (unpaired) electrons. The van der Waals surface area contributed by atoms with Crippen molar-refractivity contribution >= 4 is 33.2 Å². The number of hydrogen-bond donors (Lipinski definition) is 1. The highest BCUT2D eigenvalue weighted by molar-refractivity contribution is 7.20. The van der Waals surface area contributed by atoms with E-state index in [9.17, 15) is 4.79 Å². The molecule has 1 amide bonds. The Morgan fingerprint density at radius 1 is 1.11 bits per heavy atom. The van der Waals surface area contributed by atoms with Crippen LogP contribution in [0, 0.1) is 5.41 Å². The van der Waals surface area contributed by atoms with E-state index in [1.807, 2.05) is 51.1 Å². The van der Waals surface area contributed by atoms with Gasteiger partial charge in [-0.15, -0.1) is 5.10 Å². The fourth-order valence-corrected chi connectivity index (χ4v) is 4.11. The van der Waals surface area contributed by atoms with Crippen LogP contribution in [0.25, 0.3) is 16.2 Å². The maximum absolute atomic E-state index is 12.7. The van der Waals surface area contributed by atoms with Crippen LogP contribution in [0.5, 0.6) is 0 Å². The summed E-state index contributed by atoms with van der Waals surface area (Å²) in [6.45, 7) is 7.78. The van der Waals surface area contributed by atoms with E-state index >= 15 is 0 Å². The van der Waals surface area contributed by atoms with Crippen LogP contribution in [0.3, 0.4) is 0 Å². The summed E-state index contributed by atoms with van der Waals surface area (Å²) in [6.07, 6.45) is 3.68. The lowest BCUT2D eigenvalue weighted by Crippen LogP contribution is -2.30. The molecule has 1 fully saturated rings. The van der Waals surface area contributed by atoms with Crippen molar-refractivity contribution in [1.82, 2.24) is 14.6 Å². The first kappa shape index (κ1) is 18.0. The molecule has 0 aliphatic carbocycles. The molecule has 0 bridgehead atoms. The summed E-state index contributed by atoms with van der Waals surface area (Å²) in [6, 6.07) is 9.94. The molecule has 2 aromatic heterocycles.